The smallest absolute Gasteiger partial charge is 0.255 e. The Balaban J connectivity index is 1.91. The molecule has 0 aliphatic heterocycles. The van der Waals surface area contributed by atoms with E-state index < -0.39 is 58.0 Å². The molecule has 4 rings (SSSR count). The molecule has 7 N–H and O–H groups in total. The minimum Gasteiger partial charge on any atom is -0.508 e. The first-order valence-corrected chi connectivity index (χ1v) is 11.8. The van der Waals surface area contributed by atoms with Gasteiger partial charge >= 0.3 is 0 Å². The molecule has 0 aromatic heterocycles. The average Bonchev–Trinajstić information content (AvgIpc) is 2.74. The summed E-state index contributed by atoms with van der Waals surface area (Å²) in [6, 6.07) is 2.09. The standard InChI is InChI=1S/C26H33N3O7/c1-25(2,3)28-10-11-6-7-15(30)17-13(11)8-12-9-14-19(29(4)5)21(32)18(24(27)35)23(34)26(14,36)22(33)16(12)20(17)31/h6-7,12,14,19,28,30-31,34,36H,8-10H2,1-5H3,(H2,27,35)/t12-,14-,19-,26-/m0/s1. The molecule has 0 spiro atoms. The number of nitrogens with one attached hydrogen (secondary N) is 1. The van der Waals surface area contributed by atoms with Gasteiger partial charge in [-0.05, 0) is 70.8 Å². The number of Topliss-reactive ketones (excluding diaryl/α,β-unsaturated/α-hetero) is 2. The second kappa shape index (κ2) is 8.43. The van der Waals surface area contributed by atoms with Crippen molar-refractivity contribution in [1.82, 2.24) is 10.2 Å². The van der Waals surface area contributed by atoms with E-state index in [0.717, 1.165) is 5.56 Å². The monoisotopic (exact) mass is 499 g/mol. The maximum absolute atomic E-state index is 13.8. The number of likely N-dealkylation sites (N-methyl/N-ethyl adjacent to an activating group) is 1. The number of phenols is 1. The highest BCUT2D eigenvalue weighted by molar-refractivity contribution is 6.24. The quantitative estimate of drug-likeness (QED) is 0.328. The zero-order chi connectivity index (χ0) is 26.9. The zero-order valence-corrected chi connectivity index (χ0v) is 21.0. The van der Waals surface area contributed by atoms with E-state index in [1.54, 1.807) is 20.2 Å². The lowest BCUT2D eigenvalue weighted by molar-refractivity contribution is -0.153. The summed E-state index contributed by atoms with van der Waals surface area (Å²) in [7, 11) is 3.14. The highest BCUT2D eigenvalue weighted by Crippen LogP contribution is 2.52. The molecule has 0 unspecified atom stereocenters. The minimum atomic E-state index is -2.63. The van der Waals surface area contributed by atoms with Crippen molar-refractivity contribution in [3.63, 3.8) is 0 Å². The molecule has 0 bridgehead atoms. The molecular formula is C26H33N3O7. The molecule has 0 radical (unpaired) electrons. The third-order valence-electron chi connectivity index (χ3n) is 7.51. The highest BCUT2D eigenvalue weighted by Gasteiger charge is 2.64. The van der Waals surface area contributed by atoms with Crippen LogP contribution in [0.15, 0.2) is 29.0 Å². The summed E-state index contributed by atoms with van der Waals surface area (Å²) in [5.74, 6) is -6.53. The summed E-state index contributed by atoms with van der Waals surface area (Å²) in [6.07, 6.45) is 0.331. The van der Waals surface area contributed by atoms with Gasteiger partial charge in [0.15, 0.2) is 11.4 Å². The van der Waals surface area contributed by atoms with Crippen LogP contribution >= 0.6 is 0 Å². The zero-order valence-electron chi connectivity index (χ0n) is 21.0. The second-order valence-corrected chi connectivity index (χ2v) is 11.2. The van der Waals surface area contributed by atoms with Crippen molar-refractivity contribution in [3.05, 3.63) is 45.7 Å². The Morgan fingerprint density at radius 3 is 2.39 bits per heavy atom. The number of nitrogens with zero attached hydrogens (tertiary/aromatic N) is 1. The van der Waals surface area contributed by atoms with Crippen molar-refractivity contribution in [2.45, 2.75) is 57.3 Å². The molecule has 1 aromatic rings. The number of hydrogen-bond donors (Lipinski definition) is 6. The molecule has 1 aromatic carbocycles. The molecule has 3 aliphatic carbocycles. The topological polar surface area (TPSA) is 173 Å². The minimum absolute atomic E-state index is 0.0631. The second-order valence-electron chi connectivity index (χ2n) is 11.2. The van der Waals surface area contributed by atoms with E-state index in [2.05, 4.69) is 5.32 Å². The molecule has 4 atom stereocenters. The molecule has 194 valence electrons. The van der Waals surface area contributed by atoms with E-state index in [9.17, 15) is 34.8 Å². The van der Waals surface area contributed by atoms with Gasteiger partial charge in [0.1, 0.15) is 22.8 Å². The number of amides is 1. The predicted molar refractivity (Wildman–Crippen MR) is 131 cm³/mol. The van der Waals surface area contributed by atoms with E-state index in [1.807, 2.05) is 20.8 Å². The van der Waals surface area contributed by atoms with E-state index in [1.165, 1.54) is 11.0 Å². The number of primary amides is 1. The van der Waals surface area contributed by atoms with Crippen molar-refractivity contribution in [1.29, 1.82) is 0 Å². The Hall–Kier alpha value is -3.21. The molecule has 1 saturated carbocycles. The Morgan fingerprint density at radius 2 is 1.83 bits per heavy atom. The van der Waals surface area contributed by atoms with Crippen LogP contribution in [0.4, 0.5) is 0 Å². The predicted octanol–water partition coefficient (Wildman–Crippen LogP) is 0.852. The van der Waals surface area contributed by atoms with Gasteiger partial charge in [0.05, 0.1) is 11.6 Å². The molecule has 10 heteroatoms. The van der Waals surface area contributed by atoms with Gasteiger partial charge in [-0.3, -0.25) is 19.3 Å². The number of phenolic OH excluding ortho intramolecular Hbond substituents is 1. The lowest BCUT2D eigenvalue weighted by atomic mass is 9.57. The van der Waals surface area contributed by atoms with Crippen LogP contribution in [-0.2, 0) is 27.3 Å². The Labute approximate surface area is 209 Å². The first-order chi connectivity index (χ1) is 16.6. The van der Waals surface area contributed by atoms with Crippen molar-refractivity contribution in [2.75, 3.05) is 14.1 Å². The third-order valence-corrected chi connectivity index (χ3v) is 7.51. The van der Waals surface area contributed by atoms with Gasteiger partial charge in [0.2, 0.25) is 5.78 Å². The van der Waals surface area contributed by atoms with Crippen LogP contribution in [0.25, 0.3) is 5.76 Å². The number of nitrogens with two attached hydrogens (primary N) is 1. The first-order valence-electron chi connectivity index (χ1n) is 11.8. The van der Waals surface area contributed by atoms with Crippen LogP contribution in [0.2, 0.25) is 0 Å². The van der Waals surface area contributed by atoms with Gasteiger partial charge in [0.25, 0.3) is 5.91 Å². The van der Waals surface area contributed by atoms with Gasteiger partial charge in [-0.15, -0.1) is 0 Å². The number of benzene rings is 1. The fraction of sp³-hybridized carbons (Fsp3) is 0.500. The van der Waals surface area contributed by atoms with Crippen molar-refractivity contribution in [2.24, 2.45) is 17.6 Å². The molecule has 0 heterocycles. The van der Waals surface area contributed by atoms with Gasteiger partial charge in [-0.2, -0.15) is 0 Å². The summed E-state index contributed by atoms with van der Waals surface area (Å²) in [5.41, 5.74) is 3.13. The summed E-state index contributed by atoms with van der Waals surface area (Å²) in [6.45, 7) is 6.49. The van der Waals surface area contributed by atoms with Crippen LogP contribution in [0.5, 0.6) is 5.75 Å². The number of fused-ring (bicyclic) bond motifs is 3. The Bertz CT molecular complexity index is 1240. The summed E-state index contributed by atoms with van der Waals surface area (Å²) in [4.78, 5) is 40.5. The lowest BCUT2D eigenvalue weighted by Gasteiger charge is -2.50. The number of ketones is 2. The number of hydrogen-bond acceptors (Lipinski definition) is 9. The largest absolute Gasteiger partial charge is 0.508 e. The van der Waals surface area contributed by atoms with E-state index >= 15 is 0 Å². The third kappa shape index (κ3) is 3.71. The maximum atomic E-state index is 13.8. The van der Waals surface area contributed by atoms with Gasteiger partial charge < -0.3 is 31.5 Å². The summed E-state index contributed by atoms with van der Waals surface area (Å²) in [5, 5.41) is 47.7. The molecule has 10 nitrogen and oxygen atoms in total. The van der Waals surface area contributed by atoms with E-state index in [4.69, 9.17) is 5.73 Å². The highest BCUT2D eigenvalue weighted by atomic mass is 16.3. The number of carbonyl (C=O) groups excluding carboxylic acids is 3. The fourth-order valence-corrected chi connectivity index (χ4v) is 5.83. The van der Waals surface area contributed by atoms with E-state index in [0.29, 0.717) is 12.1 Å². The lowest BCUT2D eigenvalue weighted by Crippen LogP contribution is -2.65. The van der Waals surface area contributed by atoms with Gasteiger partial charge in [-0.1, -0.05) is 6.07 Å². The molecule has 3 aliphatic rings. The average molecular weight is 500 g/mol. The first kappa shape index (κ1) is 25.9. The molecule has 1 amide bonds. The molecule has 1 fully saturated rings. The molecular weight excluding hydrogens is 466 g/mol. The fourth-order valence-electron chi connectivity index (χ4n) is 5.83. The van der Waals surface area contributed by atoms with E-state index in [-0.39, 0.29) is 35.3 Å². The number of aliphatic hydroxyl groups is 3. The molecule has 0 saturated heterocycles. The van der Waals surface area contributed by atoms with Crippen LogP contribution in [0, 0.1) is 11.8 Å². The normalized spacial score (nSPS) is 28.2. The summed E-state index contributed by atoms with van der Waals surface area (Å²) < 4.78 is 0. The van der Waals surface area contributed by atoms with Crippen LogP contribution in [0.1, 0.15) is 43.9 Å². The van der Waals surface area contributed by atoms with Crippen molar-refractivity contribution < 1.29 is 34.8 Å². The maximum Gasteiger partial charge on any atom is 0.255 e. The molecule has 36 heavy (non-hydrogen) atoms. The number of rotatable bonds is 4. The van der Waals surface area contributed by atoms with Crippen LogP contribution in [-0.4, -0.2) is 74.1 Å². The SMILES string of the molecule is CN(C)[C@@H]1C(=O)C(C(N)=O)=C(O)[C@@]2(O)C(=O)C3=C(O)c4c(O)ccc(CNC(C)(C)C)c4C[C@H]3C[C@@H]12. The number of carbonyl (C=O) groups is 3. The van der Waals surface area contributed by atoms with Crippen LogP contribution in [0.3, 0.4) is 0 Å². The van der Waals surface area contributed by atoms with Gasteiger partial charge in [0, 0.05) is 23.6 Å². The number of aromatic hydroxyl groups is 1. The van der Waals surface area contributed by atoms with Gasteiger partial charge in [-0.25, -0.2) is 0 Å². The Kier molecular flexibility index (Phi) is 6.06. The van der Waals surface area contributed by atoms with Crippen molar-refractivity contribution in [3.8, 4) is 5.75 Å². The summed E-state index contributed by atoms with van der Waals surface area (Å²) >= 11 is 0. The van der Waals surface area contributed by atoms with Crippen molar-refractivity contribution >= 4 is 23.2 Å². The Morgan fingerprint density at radius 1 is 1.19 bits per heavy atom. The van der Waals surface area contributed by atoms with Crippen LogP contribution < -0.4 is 11.1 Å². The number of aliphatic hydroxyl groups excluding tert-OH is 2.